The van der Waals surface area contributed by atoms with Crippen molar-refractivity contribution in [1.29, 1.82) is 0 Å². The van der Waals surface area contributed by atoms with E-state index in [0.29, 0.717) is 22.2 Å². The number of carbonyl (C=O) groups excluding carboxylic acids is 1. The van der Waals surface area contributed by atoms with Crippen molar-refractivity contribution in [1.82, 2.24) is 25.0 Å². The van der Waals surface area contributed by atoms with Crippen molar-refractivity contribution < 1.29 is 4.79 Å². The van der Waals surface area contributed by atoms with E-state index >= 15 is 0 Å². The molecular weight excluding hydrogens is 370 g/mol. The number of nitrogens with zero attached hydrogens (tertiary/aromatic N) is 3. The molecule has 1 aliphatic rings. The van der Waals surface area contributed by atoms with Crippen LogP contribution in [0.2, 0.25) is 5.02 Å². The van der Waals surface area contributed by atoms with Gasteiger partial charge in [-0.2, -0.15) is 5.10 Å². The first-order valence-electron chi connectivity index (χ1n) is 9.04. The number of aromatic nitrogens is 3. The topological polar surface area (TPSA) is 66.0 Å². The third-order valence-corrected chi connectivity index (χ3v) is 5.15. The summed E-state index contributed by atoms with van der Waals surface area (Å²) in [5, 5.41) is 10.6. The highest BCUT2D eigenvalue weighted by Crippen LogP contribution is 2.19. The maximum Gasteiger partial charge on any atom is 0.240 e. The molecule has 1 aromatic carbocycles. The number of benzene rings is 1. The Hall–Kier alpha value is -1.70. The average Bonchev–Trinajstić information content (AvgIpc) is 3.01. The molecule has 1 fully saturated rings. The molecule has 0 spiro atoms. The summed E-state index contributed by atoms with van der Waals surface area (Å²) in [5.74, 6) is 0.575. The zero-order valence-corrected chi connectivity index (χ0v) is 16.3. The molecule has 0 unspecified atom stereocenters. The van der Waals surface area contributed by atoms with E-state index < -0.39 is 0 Å². The Bertz CT molecular complexity index is 780. The van der Waals surface area contributed by atoms with Crippen LogP contribution in [0.1, 0.15) is 25.7 Å². The molecule has 2 aromatic rings. The third-order valence-electron chi connectivity index (χ3n) is 4.58. The first kappa shape index (κ1) is 19.1. The molecule has 1 saturated heterocycles. The van der Waals surface area contributed by atoms with Gasteiger partial charge < -0.3 is 10.2 Å². The molecule has 3 rings (SSSR count). The van der Waals surface area contributed by atoms with Crippen LogP contribution in [-0.2, 0) is 11.3 Å². The lowest BCUT2D eigenvalue weighted by atomic mass is 10.1. The number of hydrogen-bond acceptors (Lipinski definition) is 4. The molecule has 1 amide bonds. The van der Waals surface area contributed by atoms with Gasteiger partial charge in [-0.25, -0.2) is 0 Å². The quantitative estimate of drug-likeness (QED) is 0.559. The Morgan fingerprint density at radius 1 is 1.23 bits per heavy atom. The van der Waals surface area contributed by atoms with Gasteiger partial charge >= 0.3 is 0 Å². The molecule has 2 N–H and O–H groups in total. The van der Waals surface area contributed by atoms with E-state index in [1.807, 2.05) is 12.1 Å². The Labute approximate surface area is 163 Å². The minimum atomic E-state index is -0.0589. The first-order valence-corrected chi connectivity index (χ1v) is 9.82. The fourth-order valence-electron chi connectivity index (χ4n) is 3.20. The highest BCUT2D eigenvalue weighted by Gasteiger charge is 2.13. The SMILES string of the molecule is O=C(Cn1c(-c2ccc(Cl)cc2)n[nH]c1=S)NCCCN1CCCCC1. The normalized spacial score (nSPS) is 15.1. The smallest absolute Gasteiger partial charge is 0.240 e. The molecular formula is C18H24ClN5OS. The lowest BCUT2D eigenvalue weighted by Crippen LogP contribution is -2.34. The highest BCUT2D eigenvalue weighted by molar-refractivity contribution is 7.71. The Balaban J connectivity index is 1.52. The van der Waals surface area contributed by atoms with Gasteiger partial charge in [0.05, 0.1) is 0 Å². The molecule has 26 heavy (non-hydrogen) atoms. The molecule has 1 aliphatic heterocycles. The van der Waals surface area contributed by atoms with Crippen molar-refractivity contribution in [2.75, 3.05) is 26.2 Å². The number of hydrogen-bond donors (Lipinski definition) is 2. The number of rotatable bonds is 7. The fraction of sp³-hybridized carbons (Fsp3) is 0.500. The molecule has 0 radical (unpaired) electrons. The minimum Gasteiger partial charge on any atom is -0.355 e. The van der Waals surface area contributed by atoms with Crippen molar-refractivity contribution >= 4 is 29.7 Å². The number of likely N-dealkylation sites (tertiary alicyclic amines) is 1. The van der Waals surface area contributed by atoms with E-state index in [1.165, 1.54) is 32.4 Å². The Kier molecular flexibility index (Phi) is 6.82. The minimum absolute atomic E-state index is 0.0589. The summed E-state index contributed by atoms with van der Waals surface area (Å²) in [4.78, 5) is 14.8. The van der Waals surface area contributed by atoms with E-state index in [9.17, 15) is 4.79 Å². The first-order chi connectivity index (χ1) is 12.6. The van der Waals surface area contributed by atoms with Crippen LogP contribution in [0.3, 0.4) is 0 Å². The maximum atomic E-state index is 12.3. The van der Waals surface area contributed by atoms with Gasteiger partial charge in [0.25, 0.3) is 0 Å². The van der Waals surface area contributed by atoms with E-state index in [4.69, 9.17) is 23.8 Å². The molecule has 0 aliphatic carbocycles. The molecule has 0 bridgehead atoms. The van der Waals surface area contributed by atoms with Crippen LogP contribution in [0.15, 0.2) is 24.3 Å². The zero-order chi connectivity index (χ0) is 18.4. The number of H-pyrrole nitrogens is 1. The number of piperidine rings is 1. The number of carbonyl (C=O) groups is 1. The van der Waals surface area contributed by atoms with Crippen LogP contribution in [0.4, 0.5) is 0 Å². The molecule has 6 nitrogen and oxygen atoms in total. The van der Waals surface area contributed by atoms with Crippen LogP contribution in [-0.4, -0.2) is 51.8 Å². The van der Waals surface area contributed by atoms with Gasteiger partial charge in [-0.1, -0.05) is 18.0 Å². The highest BCUT2D eigenvalue weighted by atomic mass is 35.5. The summed E-state index contributed by atoms with van der Waals surface area (Å²) in [6, 6.07) is 7.31. The average molecular weight is 394 g/mol. The fourth-order valence-corrected chi connectivity index (χ4v) is 3.52. The number of amides is 1. The summed E-state index contributed by atoms with van der Waals surface area (Å²) in [6.07, 6.45) is 4.89. The van der Waals surface area contributed by atoms with Crippen molar-refractivity contribution in [3.05, 3.63) is 34.1 Å². The van der Waals surface area contributed by atoms with Gasteiger partial charge in [0.1, 0.15) is 6.54 Å². The molecule has 140 valence electrons. The van der Waals surface area contributed by atoms with Crippen LogP contribution in [0.25, 0.3) is 11.4 Å². The lowest BCUT2D eigenvalue weighted by Gasteiger charge is -2.26. The van der Waals surface area contributed by atoms with Crippen molar-refractivity contribution in [3.63, 3.8) is 0 Å². The second-order valence-corrected chi connectivity index (χ2v) is 7.37. The lowest BCUT2D eigenvalue weighted by molar-refractivity contribution is -0.121. The summed E-state index contributed by atoms with van der Waals surface area (Å²) in [5.41, 5.74) is 0.861. The standard InChI is InChI=1S/C18H24ClN5OS/c19-15-7-5-14(6-8-15)17-21-22-18(26)24(17)13-16(25)20-9-4-12-23-10-2-1-3-11-23/h5-8H,1-4,9-13H2,(H,20,25)(H,22,26). The third kappa shape index (κ3) is 5.16. The van der Waals surface area contributed by atoms with Gasteiger partial charge in [-0.15, -0.1) is 0 Å². The van der Waals surface area contributed by atoms with E-state index in [2.05, 4.69) is 20.4 Å². The summed E-state index contributed by atoms with van der Waals surface area (Å²) >= 11 is 11.2. The zero-order valence-electron chi connectivity index (χ0n) is 14.7. The van der Waals surface area contributed by atoms with Gasteiger partial charge in [0.2, 0.25) is 5.91 Å². The van der Waals surface area contributed by atoms with Gasteiger partial charge in [-0.3, -0.25) is 14.5 Å². The van der Waals surface area contributed by atoms with Gasteiger partial charge in [-0.05, 0) is 75.4 Å². The molecule has 1 aromatic heterocycles. The van der Waals surface area contributed by atoms with Crippen molar-refractivity contribution in [3.8, 4) is 11.4 Å². The summed E-state index contributed by atoms with van der Waals surface area (Å²) in [6.45, 7) is 4.24. The van der Waals surface area contributed by atoms with Crippen molar-refractivity contribution in [2.24, 2.45) is 0 Å². The second kappa shape index (κ2) is 9.30. The number of aromatic amines is 1. The second-order valence-electron chi connectivity index (χ2n) is 6.55. The monoisotopic (exact) mass is 393 g/mol. The number of halogens is 1. The van der Waals surface area contributed by atoms with E-state index in [0.717, 1.165) is 18.5 Å². The molecule has 0 atom stereocenters. The molecule has 2 heterocycles. The van der Waals surface area contributed by atoms with Gasteiger partial charge in [0.15, 0.2) is 10.6 Å². The van der Waals surface area contributed by atoms with Crippen LogP contribution in [0.5, 0.6) is 0 Å². The summed E-state index contributed by atoms with van der Waals surface area (Å²) < 4.78 is 2.14. The largest absolute Gasteiger partial charge is 0.355 e. The van der Waals surface area contributed by atoms with E-state index in [-0.39, 0.29) is 12.5 Å². The Morgan fingerprint density at radius 2 is 1.96 bits per heavy atom. The van der Waals surface area contributed by atoms with Gasteiger partial charge in [0, 0.05) is 17.1 Å². The van der Waals surface area contributed by atoms with Crippen LogP contribution in [0, 0.1) is 4.77 Å². The predicted molar refractivity (Wildman–Crippen MR) is 106 cm³/mol. The molecule has 8 heteroatoms. The van der Waals surface area contributed by atoms with E-state index in [1.54, 1.807) is 16.7 Å². The van der Waals surface area contributed by atoms with Crippen LogP contribution < -0.4 is 5.32 Å². The number of nitrogens with one attached hydrogen (secondary N) is 2. The van der Waals surface area contributed by atoms with Crippen molar-refractivity contribution in [2.45, 2.75) is 32.2 Å². The Morgan fingerprint density at radius 3 is 2.69 bits per heavy atom. The predicted octanol–water partition coefficient (Wildman–Crippen LogP) is 3.25. The molecule has 0 saturated carbocycles. The maximum absolute atomic E-state index is 12.3. The van der Waals surface area contributed by atoms with Crippen LogP contribution >= 0.6 is 23.8 Å². The summed E-state index contributed by atoms with van der Waals surface area (Å²) in [7, 11) is 0.